The number of nitrogens with one attached hydrogen (secondary N) is 1. The van der Waals surface area contributed by atoms with Crippen molar-refractivity contribution < 1.29 is 29.7 Å². The number of hydrogen-bond acceptors (Lipinski definition) is 6. The lowest BCUT2D eigenvalue weighted by Crippen LogP contribution is -2.61. The SMILES string of the molecule is CN[C@H](CSC1=C(C(=O)O)N2C(=O)[C@H](C(C)O)[C@H]2C1)C(=O)O. The second kappa shape index (κ2) is 6.27. The molecule has 2 heterocycles. The fraction of sp³-hybridized carbons (Fsp3) is 0.615. The minimum Gasteiger partial charge on any atom is -0.480 e. The van der Waals surface area contributed by atoms with Gasteiger partial charge in [0.25, 0.3) is 0 Å². The van der Waals surface area contributed by atoms with Crippen molar-refractivity contribution in [3.8, 4) is 0 Å². The van der Waals surface area contributed by atoms with E-state index in [1.807, 2.05) is 0 Å². The fourth-order valence-corrected chi connectivity index (χ4v) is 4.11. The lowest BCUT2D eigenvalue weighted by Gasteiger charge is -2.44. The molecule has 8 nitrogen and oxygen atoms in total. The lowest BCUT2D eigenvalue weighted by molar-refractivity contribution is -0.161. The number of aliphatic carboxylic acids is 2. The fourth-order valence-electron chi connectivity index (χ4n) is 2.82. The van der Waals surface area contributed by atoms with Crippen molar-refractivity contribution in [2.45, 2.75) is 31.5 Å². The number of fused-ring (bicyclic) bond motifs is 1. The maximum Gasteiger partial charge on any atom is 0.353 e. The van der Waals surface area contributed by atoms with Gasteiger partial charge in [-0.05, 0) is 14.0 Å². The summed E-state index contributed by atoms with van der Waals surface area (Å²) in [5.74, 6) is -3.06. The van der Waals surface area contributed by atoms with Gasteiger partial charge in [0.05, 0.1) is 18.1 Å². The zero-order valence-corrected chi connectivity index (χ0v) is 13.0. The van der Waals surface area contributed by atoms with Crippen LogP contribution in [0.1, 0.15) is 13.3 Å². The van der Waals surface area contributed by atoms with Gasteiger partial charge in [-0.2, -0.15) is 0 Å². The van der Waals surface area contributed by atoms with E-state index in [9.17, 15) is 24.6 Å². The number of carbonyl (C=O) groups is 3. The number of carboxylic acids is 2. The molecule has 122 valence electrons. The molecule has 2 rings (SSSR count). The smallest absolute Gasteiger partial charge is 0.353 e. The van der Waals surface area contributed by atoms with Crippen molar-refractivity contribution in [2.24, 2.45) is 5.92 Å². The van der Waals surface area contributed by atoms with Gasteiger partial charge in [0.2, 0.25) is 5.91 Å². The summed E-state index contributed by atoms with van der Waals surface area (Å²) in [5, 5.41) is 30.6. The quantitative estimate of drug-likeness (QED) is 0.451. The first-order valence-corrected chi connectivity index (χ1v) is 7.78. The van der Waals surface area contributed by atoms with E-state index < -0.39 is 35.9 Å². The average Bonchev–Trinajstić information content (AvgIpc) is 2.73. The van der Waals surface area contributed by atoms with Crippen LogP contribution in [-0.2, 0) is 14.4 Å². The van der Waals surface area contributed by atoms with E-state index in [1.165, 1.54) is 18.9 Å². The van der Waals surface area contributed by atoms with Gasteiger partial charge in [0, 0.05) is 17.1 Å². The molecule has 1 saturated heterocycles. The van der Waals surface area contributed by atoms with Crippen LogP contribution in [0.2, 0.25) is 0 Å². The van der Waals surface area contributed by atoms with Crippen LogP contribution in [0.3, 0.4) is 0 Å². The summed E-state index contributed by atoms with van der Waals surface area (Å²) in [6.07, 6.45) is -0.499. The molecule has 0 radical (unpaired) electrons. The van der Waals surface area contributed by atoms with Crippen molar-refractivity contribution in [1.29, 1.82) is 0 Å². The summed E-state index contributed by atoms with van der Waals surface area (Å²) < 4.78 is 0. The molecule has 0 bridgehead atoms. The topological polar surface area (TPSA) is 127 Å². The molecule has 2 aliphatic rings. The molecule has 4 N–H and O–H groups in total. The summed E-state index contributed by atoms with van der Waals surface area (Å²) in [6.45, 7) is 1.51. The molecule has 2 aliphatic heterocycles. The first-order chi connectivity index (χ1) is 10.3. The molecular weight excluding hydrogens is 312 g/mol. The van der Waals surface area contributed by atoms with Crippen LogP contribution < -0.4 is 5.32 Å². The molecular formula is C13H18N2O6S. The Morgan fingerprint density at radius 1 is 1.45 bits per heavy atom. The van der Waals surface area contributed by atoms with Crippen molar-refractivity contribution in [2.75, 3.05) is 12.8 Å². The maximum absolute atomic E-state index is 12.0. The first kappa shape index (κ1) is 16.8. The van der Waals surface area contributed by atoms with E-state index in [-0.39, 0.29) is 17.5 Å². The normalized spacial score (nSPS) is 26.5. The number of β-lactam (4-membered cyclic amide) rings is 1. The number of carbonyl (C=O) groups excluding carboxylic acids is 1. The molecule has 0 aromatic heterocycles. The van der Waals surface area contributed by atoms with E-state index in [0.29, 0.717) is 11.3 Å². The van der Waals surface area contributed by atoms with Gasteiger partial charge in [-0.15, -0.1) is 11.8 Å². The minimum absolute atomic E-state index is 0.0860. The second-order valence-corrected chi connectivity index (χ2v) is 6.43. The molecule has 0 aliphatic carbocycles. The van der Waals surface area contributed by atoms with Crippen LogP contribution in [0, 0.1) is 5.92 Å². The molecule has 0 saturated carbocycles. The highest BCUT2D eigenvalue weighted by Crippen LogP contribution is 2.47. The third-order valence-electron chi connectivity index (χ3n) is 3.96. The molecule has 1 unspecified atom stereocenters. The number of aliphatic hydroxyl groups excluding tert-OH is 1. The predicted molar refractivity (Wildman–Crippen MR) is 78.0 cm³/mol. The van der Waals surface area contributed by atoms with Crippen molar-refractivity contribution >= 4 is 29.6 Å². The number of carboxylic acid groups (broad SMARTS) is 2. The molecule has 0 aromatic rings. The van der Waals surface area contributed by atoms with Crippen LogP contribution in [0.4, 0.5) is 0 Å². The summed E-state index contributed by atoms with van der Waals surface area (Å²) in [6, 6.07) is -1.15. The van der Waals surface area contributed by atoms with E-state index in [2.05, 4.69) is 5.32 Å². The van der Waals surface area contributed by atoms with Gasteiger partial charge in [-0.3, -0.25) is 9.59 Å². The monoisotopic (exact) mass is 330 g/mol. The number of hydrogen-bond donors (Lipinski definition) is 4. The number of likely N-dealkylation sites (N-methyl/N-ethyl adjacent to an activating group) is 1. The highest BCUT2D eigenvalue weighted by atomic mass is 32.2. The summed E-state index contributed by atoms with van der Waals surface area (Å²) in [4.78, 5) is 36.1. The van der Waals surface area contributed by atoms with Crippen LogP contribution in [0.5, 0.6) is 0 Å². The Kier molecular flexibility index (Phi) is 4.78. The Labute approximate surface area is 131 Å². The average molecular weight is 330 g/mol. The number of nitrogens with zero attached hydrogens (tertiary/aromatic N) is 1. The Morgan fingerprint density at radius 2 is 2.09 bits per heavy atom. The van der Waals surface area contributed by atoms with Gasteiger partial charge >= 0.3 is 11.9 Å². The zero-order chi connectivity index (χ0) is 16.6. The van der Waals surface area contributed by atoms with Gasteiger partial charge in [0.1, 0.15) is 11.7 Å². The van der Waals surface area contributed by atoms with Crippen molar-refractivity contribution in [1.82, 2.24) is 10.2 Å². The van der Waals surface area contributed by atoms with Gasteiger partial charge in [-0.1, -0.05) is 0 Å². The van der Waals surface area contributed by atoms with Crippen LogP contribution in [-0.4, -0.2) is 69.1 Å². The molecule has 0 spiro atoms. The Balaban J connectivity index is 2.15. The van der Waals surface area contributed by atoms with Crippen molar-refractivity contribution in [3.05, 3.63) is 10.6 Å². The van der Waals surface area contributed by atoms with Crippen LogP contribution in [0.15, 0.2) is 10.6 Å². The maximum atomic E-state index is 12.0. The van der Waals surface area contributed by atoms with E-state index in [0.717, 1.165) is 11.8 Å². The molecule has 1 amide bonds. The lowest BCUT2D eigenvalue weighted by atomic mass is 9.83. The summed E-state index contributed by atoms with van der Waals surface area (Å²) in [7, 11) is 1.51. The highest BCUT2D eigenvalue weighted by molar-refractivity contribution is 8.03. The van der Waals surface area contributed by atoms with E-state index in [4.69, 9.17) is 5.11 Å². The van der Waals surface area contributed by atoms with Crippen LogP contribution >= 0.6 is 11.8 Å². The minimum atomic E-state index is -1.21. The van der Waals surface area contributed by atoms with Gasteiger partial charge in [-0.25, -0.2) is 4.79 Å². The third kappa shape index (κ3) is 2.71. The number of rotatable bonds is 7. The predicted octanol–water partition coefficient (Wildman–Crippen LogP) is -0.700. The highest BCUT2D eigenvalue weighted by Gasteiger charge is 2.56. The Morgan fingerprint density at radius 3 is 2.55 bits per heavy atom. The molecule has 0 aromatic carbocycles. The van der Waals surface area contributed by atoms with E-state index in [1.54, 1.807) is 0 Å². The summed E-state index contributed by atoms with van der Waals surface area (Å²) in [5.41, 5.74) is -0.0860. The third-order valence-corrected chi connectivity index (χ3v) is 5.17. The number of thioether (sulfide) groups is 1. The zero-order valence-electron chi connectivity index (χ0n) is 12.1. The summed E-state index contributed by atoms with van der Waals surface area (Å²) >= 11 is 1.12. The largest absolute Gasteiger partial charge is 0.480 e. The van der Waals surface area contributed by atoms with Gasteiger partial charge < -0.3 is 25.5 Å². The number of amides is 1. The second-order valence-electron chi connectivity index (χ2n) is 5.31. The van der Waals surface area contributed by atoms with Crippen LogP contribution in [0.25, 0.3) is 0 Å². The molecule has 1 fully saturated rings. The molecule has 22 heavy (non-hydrogen) atoms. The molecule has 4 atom stereocenters. The Hall–Kier alpha value is -1.58. The first-order valence-electron chi connectivity index (χ1n) is 6.80. The number of aliphatic hydroxyl groups is 1. The van der Waals surface area contributed by atoms with E-state index >= 15 is 0 Å². The van der Waals surface area contributed by atoms with Crippen molar-refractivity contribution in [3.63, 3.8) is 0 Å². The molecule has 9 heteroatoms. The standard InChI is InChI=1S/C13H18N2O6S/c1-5(16)9-7-3-8(22-4-6(14-2)12(18)19)10(13(20)21)15(7)11(9)17/h5-7,9,14,16H,3-4H2,1-2H3,(H,18,19)(H,20,21)/t5?,6-,7-,9-/m1/s1. The van der Waals surface area contributed by atoms with Gasteiger partial charge in [0.15, 0.2) is 0 Å². The Bertz CT molecular complexity index is 547.